The molecule has 2 aromatic rings. The first-order valence-corrected chi connectivity index (χ1v) is 6.83. The summed E-state index contributed by atoms with van der Waals surface area (Å²) in [6.07, 6.45) is -1.01. The van der Waals surface area contributed by atoms with E-state index in [9.17, 15) is 19.1 Å². The highest BCUT2D eigenvalue weighted by molar-refractivity contribution is 5.94. The van der Waals surface area contributed by atoms with E-state index in [1.54, 1.807) is 19.9 Å². The average Bonchev–Trinajstić information content (AvgIpc) is 2.47. The number of halogens is 1. The lowest BCUT2D eigenvalue weighted by molar-refractivity contribution is 0.0850. The number of aromatic nitrogens is 1. The first-order chi connectivity index (χ1) is 10.4. The fourth-order valence-electron chi connectivity index (χ4n) is 2.06. The fourth-order valence-corrected chi connectivity index (χ4v) is 2.06. The van der Waals surface area contributed by atoms with Crippen molar-refractivity contribution in [3.8, 4) is 0 Å². The predicted octanol–water partition coefficient (Wildman–Crippen LogP) is 1.67. The summed E-state index contributed by atoms with van der Waals surface area (Å²) >= 11 is 0. The molecule has 0 aliphatic heterocycles. The number of amides is 1. The molecule has 0 bridgehead atoms. The number of aliphatic hydroxyl groups is 1. The molecule has 1 heterocycles. The average molecular weight is 304 g/mol. The fraction of sp³-hybridized carbons (Fsp3) is 0.250. The lowest BCUT2D eigenvalue weighted by Gasteiger charge is -2.20. The third kappa shape index (κ3) is 3.59. The van der Waals surface area contributed by atoms with Crippen molar-refractivity contribution >= 4 is 5.91 Å². The zero-order valence-electron chi connectivity index (χ0n) is 12.3. The van der Waals surface area contributed by atoms with Crippen molar-refractivity contribution in [2.45, 2.75) is 26.0 Å². The highest BCUT2D eigenvalue weighted by Gasteiger charge is 2.20. The van der Waals surface area contributed by atoms with Gasteiger partial charge in [0.25, 0.3) is 11.5 Å². The second kappa shape index (κ2) is 6.53. The molecule has 0 fully saturated rings. The summed E-state index contributed by atoms with van der Waals surface area (Å²) < 4.78 is 12.9. The van der Waals surface area contributed by atoms with Crippen LogP contribution in [0.2, 0.25) is 0 Å². The van der Waals surface area contributed by atoms with Gasteiger partial charge < -0.3 is 15.4 Å². The highest BCUT2D eigenvalue weighted by atomic mass is 19.1. The van der Waals surface area contributed by atoms with Gasteiger partial charge in [0.2, 0.25) is 0 Å². The Morgan fingerprint density at radius 2 is 1.86 bits per heavy atom. The molecule has 2 unspecified atom stereocenters. The first-order valence-electron chi connectivity index (χ1n) is 6.83. The second-order valence-corrected chi connectivity index (χ2v) is 5.14. The van der Waals surface area contributed by atoms with Crippen LogP contribution in [-0.2, 0) is 0 Å². The van der Waals surface area contributed by atoms with Crippen LogP contribution in [0.3, 0.4) is 0 Å². The highest BCUT2D eigenvalue weighted by Crippen LogP contribution is 2.17. The van der Waals surface area contributed by atoms with Gasteiger partial charge in [0.05, 0.1) is 12.1 Å². The van der Waals surface area contributed by atoms with E-state index in [1.165, 1.54) is 30.3 Å². The van der Waals surface area contributed by atoms with Crippen LogP contribution in [0.1, 0.15) is 34.6 Å². The number of pyridine rings is 1. The van der Waals surface area contributed by atoms with E-state index in [2.05, 4.69) is 10.3 Å². The van der Waals surface area contributed by atoms with Crippen LogP contribution in [0.4, 0.5) is 4.39 Å². The maximum atomic E-state index is 12.9. The summed E-state index contributed by atoms with van der Waals surface area (Å²) in [5.74, 6) is -0.978. The number of hydrogen-bond acceptors (Lipinski definition) is 3. The molecule has 0 aliphatic rings. The number of aryl methyl sites for hydroxylation is 1. The predicted molar refractivity (Wildman–Crippen MR) is 80.1 cm³/mol. The molecule has 2 atom stereocenters. The van der Waals surface area contributed by atoms with Gasteiger partial charge in [-0.25, -0.2) is 4.39 Å². The summed E-state index contributed by atoms with van der Waals surface area (Å²) in [7, 11) is 0. The van der Waals surface area contributed by atoms with E-state index in [4.69, 9.17) is 0 Å². The molecular weight excluding hydrogens is 287 g/mol. The van der Waals surface area contributed by atoms with Gasteiger partial charge in [-0.3, -0.25) is 9.59 Å². The first kappa shape index (κ1) is 15.9. The van der Waals surface area contributed by atoms with Crippen LogP contribution in [0.15, 0.2) is 41.2 Å². The number of rotatable bonds is 4. The van der Waals surface area contributed by atoms with Crippen molar-refractivity contribution in [3.63, 3.8) is 0 Å². The Labute approximate surface area is 126 Å². The summed E-state index contributed by atoms with van der Waals surface area (Å²) in [4.78, 5) is 26.3. The zero-order valence-corrected chi connectivity index (χ0v) is 12.3. The molecule has 1 amide bonds. The molecule has 3 N–H and O–H groups in total. The topological polar surface area (TPSA) is 82.2 Å². The largest absolute Gasteiger partial charge is 0.386 e. The number of aliphatic hydroxyl groups excluding tert-OH is 1. The van der Waals surface area contributed by atoms with Gasteiger partial charge in [0, 0.05) is 5.69 Å². The Kier molecular flexibility index (Phi) is 4.72. The molecule has 116 valence electrons. The van der Waals surface area contributed by atoms with Gasteiger partial charge >= 0.3 is 0 Å². The third-order valence-electron chi connectivity index (χ3n) is 3.34. The SMILES string of the molecule is Cc1ccc(C(=O)NC(C)C(O)c2ccc(F)cc2)c(=O)[nH]1. The van der Waals surface area contributed by atoms with Crippen LogP contribution in [-0.4, -0.2) is 22.0 Å². The quantitative estimate of drug-likeness (QED) is 0.803. The molecule has 0 saturated carbocycles. The number of aromatic amines is 1. The van der Waals surface area contributed by atoms with E-state index in [1.807, 2.05) is 0 Å². The molecule has 5 nitrogen and oxygen atoms in total. The van der Waals surface area contributed by atoms with Crippen LogP contribution < -0.4 is 10.9 Å². The second-order valence-electron chi connectivity index (χ2n) is 5.14. The molecule has 0 saturated heterocycles. The minimum absolute atomic E-state index is 0.0243. The zero-order chi connectivity index (χ0) is 16.3. The Morgan fingerprint density at radius 1 is 1.23 bits per heavy atom. The molecular formula is C16H17FN2O3. The van der Waals surface area contributed by atoms with Crippen LogP contribution >= 0.6 is 0 Å². The van der Waals surface area contributed by atoms with Crippen LogP contribution in [0, 0.1) is 12.7 Å². The lowest BCUT2D eigenvalue weighted by Crippen LogP contribution is -2.39. The van der Waals surface area contributed by atoms with Gasteiger partial charge in [-0.05, 0) is 43.7 Å². The number of hydrogen-bond donors (Lipinski definition) is 3. The number of carbonyl (C=O) groups excluding carboxylic acids is 1. The van der Waals surface area contributed by atoms with Gasteiger partial charge in [-0.15, -0.1) is 0 Å². The number of carbonyl (C=O) groups is 1. The van der Waals surface area contributed by atoms with Crippen LogP contribution in [0.5, 0.6) is 0 Å². The molecule has 0 spiro atoms. The number of H-pyrrole nitrogens is 1. The summed E-state index contributed by atoms with van der Waals surface area (Å²) in [5, 5.41) is 12.7. The lowest BCUT2D eigenvalue weighted by atomic mass is 10.0. The van der Waals surface area contributed by atoms with Gasteiger partial charge in [-0.1, -0.05) is 12.1 Å². The molecule has 22 heavy (non-hydrogen) atoms. The minimum Gasteiger partial charge on any atom is -0.386 e. The summed E-state index contributed by atoms with van der Waals surface area (Å²) in [5.41, 5.74) is 0.623. The van der Waals surface area contributed by atoms with Gasteiger partial charge in [-0.2, -0.15) is 0 Å². The van der Waals surface area contributed by atoms with Crippen LogP contribution in [0.25, 0.3) is 0 Å². The standard InChI is InChI=1S/C16H17FN2O3/c1-9-3-8-13(15(21)18-9)16(22)19-10(2)14(20)11-4-6-12(17)7-5-11/h3-8,10,14,20H,1-2H3,(H,18,21)(H,19,22). The molecule has 2 rings (SSSR count). The Balaban J connectivity index is 2.10. The molecule has 1 aromatic heterocycles. The maximum absolute atomic E-state index is 12.9. The summed E-state index contributed by atoms with van der Waals surface area (Å²) in [6, 6.07) is 7.77. The van der Waals surface area contributed by atoms with Gasteiger partial charge in [0.15, 0.2) is 0 Å². The Bertz CT molecular complexity index is 725. The summed E-state index contributed by atoms with van der Waals surface area (Å²) in [6.45, 7) is 3.32. The molecule has 1 aromatic carbocycles. The van der Waals surface area contributed by atoms with E-state index in [0.717, 1.165) is 0 Å². The Morgan fingerprint density at radius 3 is 2.45 bits per heavy atom. The van der Waals surface area contributed by atoms with E-state index < -0.39 is 29.4 Å². The van der Waals surface area contributed by atoms with Crippen molar-refractivity contribution in [2.75, 3.05) is 0 Å². The monoisotopic (exact) mass is 304 g/mol. The van der Waals surface area contributed by atoms with Crippen molar-refractivity contribution in [1.82, 2.24) is 10.3 Å². The van der Waals surface area contributed by atoms with E-state index >= 15 is 0 Å². The number of nitrogens with one attached hydrogen (secondary N) is 2. The normalized spacial score (nSPS) is 13.5. The third-order valence-corrected chi connectivity index (χ3v) is 3.34. The molecule has 6 heteroatoms. The van der Waals surface area contributed by atoms with Gasteiger partial charge in [0.1, 0.15) is 11.4 Å². The molecule has 0 aliphatic carbocycles. The van der Waals surface area contributed by atoms with Crippen molar-refractivity contribution in [1.29, 1.82) is 0 Å². The van der Waals surface area contributed by atoms with Crippen molar-refractivity contribution in [3.05, 3.63) is 69.4 Å². The van der Waals surface area contributed by atoms with E-state index in [0.29, 0.717) is 11.3 Å². The van der Waals surface area contributed by atoms with Crippen molar-refractivity contribution < 1.29 is 14.3 Å². The van der Waals surface area contributed by atoms with E-state index in [-0.39, 0.29) is 5.56 Å². The smallest absolute Gasteiger partial charge is 0.260 e. The number of benzene rings is 1. The van der Waals surface area contributed by atoms with Crippen molar-refractivity contribution in [2.24, 2.45) is 0 Å². The molecule has 0 radical (unpaired) electrons. The minimum atomic E-state index is -1.01. The Hall–Kier alpha value is -2.47. The maximum Gasteiger partial charge on any atom is 0.260 e.